The molecule has 0 radical (unpaired) electrons. The largest absolute Gasteiger partial charge is 0.310 e. The topological polar surface area (TPSA) is 12.0 Å². The number of rotatable bonds is 6. The third-order valence-corrected chi connectivity index (χ3v) is 4.30. The van der Waals surface area contributed by atoms with E-state index in [1.807, 2.05) is 18.2 Å². The van der Waals surface area contributed by atoms with Crippen LogP contribution < -0.4 is 5.32 Å². The van der Waals surface area contributed by atoms with Gasteiger partial charge in [0.15, 0.2) is 0 Å². The predicted molar refractivity (Wildman–Crippen MR) is 92.4 cm³/mol. The molecule has 2 aromatic rings. The zero-order valence-corrected chi connectivity index (χ0v) is 14.0. The summed E-state index contributed by atoms with van der Waals surface area (Å²) in [5, 5.41) is 5.06. The summed E-state index contributed by atoms with van der Waals surface area (Å²) in [6.07, 6.45) is 1.89. The monoisotopic (exact) mass is 321 g/mol. The van der Waals surface area contributed by atoms with Gasteiger partial charge in [-0.1, -0.05) is 66.0 Å². The molecular weight excluding hydrogens is 301 g/mol. The molecule has 1 atom stereocenters. The summed E-state index contributed by atoms with van der Waals surface area (Å²) in [7, 11) is 0. The number of halogens is 2. The highest BCUT2D eigenvalue weighted by atomic mass is 35.5. The molecule has 0 fully saturated rings. The van der Waals surface area contributed by atoms with Gasteiger partial charge in [-0.2, -0.15) is 0 Å². The van der Waals surface area contributed by atoms with Crippen LogP contribution in [0.4, 0.5) is 0 Å². The van der Waals surface area contributed by atoms with E-state index in [9.17, 15) is 0 Å². The Labute approximate surface area is 137 Å². The second-order valence-corrected chi connectivity index (χ2v) is 6.14. The van der Waals surface area contributed by atoms with Gasteiger partial charge < -0.3 is 5.32 Å². The first-order valence-corrected chi connectivity index (χ1v) is 8.10. The Balaban J connectivity index is 2.26. The summed E-state index contributed by atoms with van der Waals surface area (Å²) < 4.78 is 0. The number of nitrogens with one attached hydrogen (secondary N) is 1. The summed E-state index contributed by atoms with van der Waals surface area (Å²) >= 11 is 12.6. The number of benzene rings is 2. The van der Waals surface area contributed by atoms with Crippen molar-refractivity contribution >= 4 is 23.2 Å². The zero-order chi connectivity index (χ0) is 15.2. The minimum absolute atomic E-state index is 0.225. The molecule has 2 rings (SSSR count). The van der Waals surface area contributed by atoms with Crippen molar-refractivity contribution in [3.05, 3.63) is 69.2 Å². The highest BCUT2D eigenvalue weighted by molar-refractivity contribution is 6.36. The lowest BCUT2D eigenvalue weighted by molar-refractivity contribution is 0.529. The molecule has 3 heteroatoms. The molecule has 1 N–H and O–H groups in total. The molecular formula is C18H21Cl2N. The first-order chi connectivity index (χ1) is 10.1. The molecule has 1 nitrogen and oxygen atoms in total. The van der Waals surface area contributed by atoms with Gasteiger partial charge in [0.25, 0.3) is 0 Å². The van der Waals surface area contributed by atoms with Crippen LogP contribution in [0.5, 0.6) is 0 Å². The van der Waals surface area contributed by atoms with E-state index in [1.54, 1.807) is 0 Å². The summed E-state index contributed by atoms with van der Waals surface area (Å²) in [5.74, 6) is 0. The Hall–Kier alpha value is -1.02. The second-order valence-electron chi connectivity index (χ2n) is 5.32. The summed E-state index contributed by atoms with van der Waals surface area (Å²) in [4.78, 5) is 0. The number of hydrogen-bond donors (Lipinski definition) is 1. The standard InChI is InChI=1S/C18H21Cl2N/c1-3-11-21-18(14-9-7-13(2)8-10-14)12-15-16(19)5-4-6-17(15)20/h4-10,18,21H,3,11-12H2,1-2H3. The van der Waals surface area contributed by atoms with Gasteiger partial charge in [0.2, 0.25) is 0 Å². The van der Waals surface area contributed by atoms with Crippen LogP contribution in [-0.4, -0.2) is 6.54 Å². The van der Waals surface area contributed by atoms with E-state index >= 15 is 0 Å². The van der Waals surface area contributed by atoms with Crippen LogP contribution in [0.2, 0.25) is 10.0 Å². The van der Waals surface area contributed by atoms with Gasteiger partial charge >= 0.3 is 0 Å². The molecule has 0 aliphatic rings. The molecule has 0 saturated heterocycles. The highest BCUT2D eigenvalue weighted by Gasteiger charge is 2.15. The summed E-state index contributed by atoms with van der Waals surface area (Å²) in [6.45, 7) is 5.24. The number of aryl methyl sites for hydroxylation is 1. The lowest BCUT2D eigenvalue weighted by Crippen LogP contribution is -2.24. The van der Waals surface area contributed by atoms with Crippen LogP contribution in [-0.2, 0) is 6.42 Å². The fourth-order valence-corrected chi connectivity index (χ4v) is 2.91. The molecule has 0 aliphatic carbocycles. The number of hydrogen-bond acceptors (Lipinski definition) is 1. The SMILES string of the molecule is CCCNC(Cc1c(Cl)cccc1Cl)c1ccc(C)cc1. The van der Waals surface area contributed by atoms with Crippen molar-refractivity contribution in [2.75, 3.05) is 6.54 Å². The van der Waals surface area contributed by atoms with Crippen molar-refractivity contribution in [2.24, 2.45) is 0 Å². The molecule has 112 valence electrons. The lowest BCUT2D eigenvalue weighted by Gasteiger charge is -2.20. The van der Waals surface area contributed by atoms with E-state index in [2.05, 4.69) is 43.4 Å². The van der Waals surface area contributed by atoms with Crippen molar-refractivity contribution < 1.29 is 0 Å². The van der Waals surface area contributed by atoms with E-state index in [4.69, 9.17) is 23.2 Å². The van der Waals surface area contributed by atoms with Gasteiger partial charge in [-0.25, -0.2) is 0 Å². The van der Waals surface area contributed by atoms with E-state index in [0.29, 0.717) is 0 Å². The third-order valence-electron chi connectivity index (χ3n) is 3.59. The average molecular weight is 322 g/mol. The fourth-order valence-electron chi connectivity index (χ4n) is 2.36. The smallest absolute Gasteiger partial charge is 0.0453 e. The van der Waals surface area contributed by atoms with E-state index < -0.39 is 0 Å². The highest BCUT2D eigenvalue weighted by Crippen LogP contribution is 2.29. The molecule has 0 spiro atoms. The van der Waals surface area contributed by atoms with E-state index in [-0.39, 0.29) is 6.04 Å². The first-order valence-electron chi connectivity index (χ1n) is 7.34. The van der Waals surface area contributed by atoms with Crippen LogP contribution in [0.3, 0.4) is 0 Å². The van der Waals surface area contributed by atoms with Crippen molar-refractivity contribution in [3.63, 3.8) is 0 Å². The van der Waals surface area contributed by atoms with Gasteiger partial charge in [-0.15, -0.1) is 0 Å². The average Bonchev–Trinajstić information content (AvgIpc) is 2.47. The van der Waals surface area contributed by atoms with Crippen molar-refractivity contribution in [1.82, 2.24) is 5.32 Å². The van der Waals surface area contributed by atoms with Crippen LogP contribution in [0, 0.1) is 6.92 Å². The molecule has 1 unspecified atom stereocenters. The van der Waals surface area contributed by atoms with Crippen molar-refractivity contribution in [2.45, 2.75) is 32.7 Å². The Bertz CT molecular complexity index is 558. The van der Waals surface area contributed by atoms with Gasteiger partial charge in [-0.05, 0) is 49.6 Å². The maximum absolute atomic E-state index is 6.31. The van der Waals surface area contributed by atoms with Crippen molar-refractivity contribution in [1.29, 1.82) is 0 Å². The normalized spacial score (nSPS) is 12.4. The van der Waals surface area contributed by atoms with Crippen LogP contribution in [0.25, 0.3) is 0 Å². The lowest BCUT2D eigenvalue weighted by atomic mass is 9.97. The molecule has 0 aliphatic heterocycles. The second kappa shape index (κ2) is 7.84. The minimum atomic E-state index is 0.225. The molecule has 0 amide bonds. The molecule has 0 bridgehead atoms. The molecule has 21 heavy (non-hydrogen) atoms. The molecule has 0 saturated carbocycles. The molecule has 0 heterocycles. The first kappa shape index (κ1) is 16.4. The van der Waals surface area contributed by atoms with Crippen LogP contribution >= 0.6 is 23.2 Å². The Morgan fingerprint density at radius 1 is 1.00 bits per heavy atom. The third kappa shape index (κ3) is 4.47. The van der Waals surface area contributed by atoms with E-state index in [1.165, 1.54) is 11.1 Å². The van der Waals surface area contributed by atoms with Gasteiger partial charge in [0.1, 0.15) is 0 Å². The van der Waals surface area contributed by atoms with Gasteiger partial charge in [0, 0.05) is 16.1 Å². The Kier molecular flexibility index (Phi) is 6.10. The molecule has 0 aromatic heterocycles. The van der Waals surface area contributed by atoms with E-state index in [0.717, 1.165) is 35.0 Å². The van der Waals surface area contributed by atoms with Crippen LogP contribution in [0.15, 0.2) is 42.5 Å². The summed E-state index contributed by atoms with van der Waals surface area (Å²) in [5.41, 5.74) is 3.55. The van der Waals surface area contributed by atoms with Crippen molar-refractivity contribution in [3.8, 4) is 0 Å². The predicted octanol–water partition coefficient (Wildman–Crippen LogP) is 5.59. The minimum Gasteiger partial charge on any atom is -0.310 e. The molecule has 2 aromatic carbocycles. The van der Waals surface area contributed by atoms with Crippen LogP contribution in [0.1, 0.15) is 36.1 Å². The Morgan fingerprint density at radius 2 is 1.62 bits per heavy atom. The fraction of sp³-hybridized carbons (Fsp3) is 0.333. The van der Waals surface area contributed by atoms with Gasteiger partial charge in [-0.3, -0.25) is 0 Å². The van der Waals surface area contributed by atoms with Gasteiger partial charge in [0.05, 0.1) is 0 Å². The Morgan fingerprint density at radius 3 is 2.19 bits per heavy atom. The quantitative estimate of drug-likeness (QED) is 0.731. The summed E-state index contributed by atoms with van der Waals surface area (Å²) in [6, 6.07) is 14.5. The maximum Gasteiger partial charge on any atom is 0.0453 e. The zero-order valence-electron chi connectivity index (χ0n) is 12.5. The maximum atomic E-state index is 6.31.